The molecule has 1 aliphatic heterocycles. The van der Waals surface area contributed by atoms with E-state index >= 15 is 0 Å². The Bertz CT molecular complexity index is 911. The van der Waals surface area contributed by atoms with Crippen LogP contribution in [0, 0.1) is 6.92 Å². The van der Waals surface area contributed by atoms with E-state index in [4.69, 9.17) is 4.98 Å². The Morgan fingerprint density at radius 1 is 1.04 bits per heavy atom. The zero-order valence-electron chi connectivity index (χ0n) is 14.5. The topological polar surface area (TPSA) is 25.5 Å². The van der Waals surface area contributed by atoms with Gasteiger partial charge in [0, 0.05) is 25.1 Å². The van der Waals surface area contributed by atoms with Crippen molar-refractivity contribution in [2.45, 2.75) is 51.1 Å². The molecule has 0 unspecified atom stereocenters. The smallest absolute Gasteiger partial charge is 0.214 e. The van der Waals surface area contributed by atoms with Crippen LogP contribution in [-0.4, -0.2) is 14.0 Å². The van der Waals surface area contributed by atoms with Crippen LogP contribution in [0.15, 0.2) is 36.7 Å². The Balaban J connectivity index is 1.74. The predicted molar refractivity (Wildman–Crippen MR) is 96.3 cm³/mol. The molecule has 0 atom stereocenters. The number of aryl methyl sites for hydroxylation is 2. The molecule has 0 radical (unpaired) electrons. The number of nitrogens with zero attached hydrogens (tertiary/aromatic N) is 4. The van der Waals surface area contributed by atoms with Crippen molar-refractivity contribution >= 4 is 11.5 Å². The molecule has 0 amide bonds. The first kappa shape index (κ1) is 14.1. The highest BCUT2D eigenvalue weighted by atomic mass is 15.3. The molecule has 3 heterocycles. The molecule has 0 bridgehead atoms. The van der Waals surface area contributed by atoms with E-state index in [0.717, 1.165) is 12.3 Å². The van der Waals surface area contributed by atoms with Crippen LogP contribution < -0.4 is 4.90 Å². The highest BCUT2D eigenvalue weighted by Gasteiger charge is 2.49. The van der Waals surface area contributed by atoms with Crippen LogP contribution in [0.1, 0.15) is 49.1 Å². The number of anilines is 1. The van der Waals surface area contributed by atoms with Crippen molar-refractivity contribution < 1.29 is 0 Å². The van der Waals surface area contributed by atoms with Crippen molar-refractivity contribution in [3.8, 4) is 0 Å². The fraction of sp³-hybridized carbons (Fsp3) is 0.450. The van der Waals surface area contributed by atoms with Crippen LogP contribution in [-0.2, 0) is 19.1 Å². The van der Waals surface area contributed by atoms with Crippen LogP contribution >= 0.6 is 0 Å². The average molecular weight is 320 g/mol. The maximum atomic E-state index is 4.99. The zero-order valence-corrected chi connectivity index (χ0v) is 14.5. The highest BCUT2D eigenvalue weighted by Crippen LogP contribution is 2.51. The van der Waals surface area contributed by atoms with Crippen LogP contribution in [0.2, 0.25) is 0 Å². The largest absolute Gasteiger partial charge is 0.354 e. The molecule has 2 aromatic heterocycles. The summed E-state index contributed by atoms with van der Waals surface area (Å²) in [7, 11) is 2.09. The summed E-state index contributed by atoms with van der Waals surface area (Å²) in [5.74, 6) is 1.08. The Kier molecular flexibility index (Phi) is 2.88. The van der Waals surface area contributed by atoms with Crippen molar-refractivity contribution in [1.29, 1.82) is 0 Å². The lowest BCUT2D eigenvalue weighted by Gasteiger charge is -2.43. The zero-order chi connectivity index (χ0) is 16.3. The molecule has 3 aromatic rings. The molecule has 1 aliphatic carbocycles. The number of benzene rings is 1. The minimum atomic E-state index is 0.112. The van der Waals surface area contributed by atoms with E-state index in [1.165, 1.54) is 54.7 Å². The third-order valence-corrected chi connectivity index (χ3v) is 6.07. The maximum absolute atomic E-state index is 4.99. The predicted octanol–water partition coefficient (Wildman–Crippen LogP) is 4.16. The lowest BCUT2D eigenvalue weighted by molar-refractivity contribution is 0.285. The third-order valence-electron chi connectivity index (χ3n) is 6.07. The molecule has 1 saturated carbocycles. The molecule has 1 spiro atoms. The molecule has 4 nitrogen and oxygen atoms in total. The summed E-state index contributed by atoms with van der Waals surface area (Å²) in [5, 5.41) is 0. The van der Waals surface area contributed by atoms with Crippen LogP contribution in [0.4, 0.5) is 5.69 Å². The highest BCUT2D eigenvalue weighted by molar-refractivity contribution is 5.61. The van der Waals surface area contributed by atoms with Gasteiger partial charge < -0.3 is 9.47 Å². The third kappa shape index (κ3) is 1.71. The van der Waals surface area contributed by atoms with Gasteiger partial charge in [0.2, 0.25) is 5.78 Å². The lowest BCUT2D eigenvalue weighted by atomic mass is 9.79. The molecule has 24 heavy (non-hydrogen) atoms. The molecule has 0 N–H and O–H groups in total. The normalized spacial score (nSPS) is 19.3. The Morgan fingerprint density at radius 2 is 1.83 bits per heavy atom. The van der Waals surface area contributed by atoms with Crippen molar-refractivity contribution in [3.05, 3.63) is 53.6 Å². The van der Waals surface area contributed by atoms with Crippen molar-refractivity contribution in [2.24, 2.45) is 7.05 Å². The maximum Gasteiger partial charge on any atom is 0.214 e. The van der Waals surface area contributed by atoms with Crippen molar-refractivity contribution in [2.75, 3.05) is 4.90 Å². The van der Waals surface area contributed by atoms with Crippen LogP contribution in [0.3, 0.4) is 0 Å². The first-order valence-corrected chi connectivity index (χ1v) is 9.07. The van der Waals surface area contributed by atoms with Gasteiger partial charge in [0.25, 0.3) is 0 Å². The van der Waals surface area contributed by atoms with Gasteiger partial charge in [0.05, 0.1) is 23.5 Å². The molecule has 124 valence electrons. The number of imidazole rings is 2. The van der Waals surface area contributed by atoms with Gasteiger partial charge in [-0.1, -0.05) is 37.5 Å². The van der Waals surface area contributed by atoms with E-state index in [-0.39, 0.29) is 5.54 Å². The fourth-order valence-electron chi connectivity index (χ4n) is 4.95. The number of fused-ring (bicyclic) bond motifs is 4. The molecule has 5 rings (SSSR count). The number of para-hydroxylation sites is 1. The van der Waals surface area contributed by atoms with E-state index in [0.29, 0.717) is 0 Å². The second-order valence-corrected chi connectivity index (χ2v) is 7.45. The first-order chi connectivity index (χ1) is 11.7. The number of hydrogen-bond donors (Lipinski definition) is 0. The second-order valence-electron chi connectivity index (χ2n) is 7.45. The van der Waals surface area contributed by atoms with E-state index in [2.05, 4.69) is 64.5 Å². The second kappa shape index (κ2) is 4.88. The summed E-state index contributed by atoms with van der Waals surface area (Å²) in [4.78, 5) is 7.64. The monoisotopic (exact) mass is 320 g/mol. The van der Waals surface area contributed by atoms with Gasteiger partial charge in [-0.2, -0.15) is 0 Å². The number of hydrogen-bond acceptors (Lipinski definition) is 2. The van der Waals surface area contributed by atoms with Gasteiger partial charge in [-0.05, 0) is 31.4 Å². The Morgan fingerprint density at radius 3 is 2.62 bits per heavy atom. The Hall–Kier alpha value is -2.23. The molecule has 1 aromatic carbocycles. The van der Waals surface area contributed by atoms with Gasteiger partial charge in [-0.25, -0.2) is 4.98 Å². The summed E-state index contributed by atoms with van der Waals surface area (Å²) in [6, 6.07) is 8.82. The molecule has 4 heteroatoms. The molecule has 2 aliphatic rings. The number of rotatable bonds is 1. The van der Waals surface area contributed by atoms with Crippen molar-refractivity contribution in [3.63, 3.8) is 0 Å². The molecular weight excluding hydrogens is 296 g/mol. The van der Waals surface area contributed by atoms with Gasteiger partial charge in [-0.3, -0.25) is 4.40 Å². The lowest BCUT2D eigenvalue weighted by Crippen LogP contribution is -2.44. The summed E-state index contributed by atoms with van der Waals surface area (Å²) >= 11 is 0. The fourth-order valence-corrected chi connectivity index (χ4v) is 4.95. The standard InChI is InChI=1S/C20H24N4/c1-15-8-4-5-9-17(15)24-14-16-18(20(24)10-6-3-7-11-20)23-13-12-22(2)19(23)21-16/h4-5,8-9,12-13H,3,6-7,10-11,14H2,1-2H3. The SMILES string of the molecule is Cc1ccccc1N1Cc2nc3n(C)ccn3c2C12CCCCC2. The number of aromatic nitrogens is 3. The van der Waals surface area contributed by atoms with Crippen LogP contribution in [0.25, 0.3) is 5.78 Å². The summed E-state index contributed by atoms with van der Waals surface area (Å²) in [6.07, 6.45) is 10.8. The summed E-state index contributed by atoms with van der Waals surface area (Å²) in [5.41, 5.74) is 5.57. The van der Waals surface area contributed by atoms with Crippen LogP contribution in [0.5, 0.6) is 0 Å². The van der Waals surface area contributed by atoms with Gasteiger partial charge in [0.15, 0.2) is 0 Å². The van der Waals surface area contributed by atoms with Crippen molar-refractivity contribution in [1.82, 2.24) is 14.0 Å². The molecular formula is C20H24N4. The van der Waals surface area contributed by atoms with E-state index < -0.39 is 0 Å². The van der Waals surface area contributed by atoms with Gasteiger partial charge in [-0.15, -0.1) is 0 Å². The average Bonchev–Trinajstić information content (AvgIpc) is 3.21. The minimum Gasteiger partial charge on any atom is -0.354 e. The quantitative estimate of drug-likeness (QED) is 0.673. The van der Waals surface area contributed by atoms with Gasteiger partial charge in [0.1, 0.15) is 0 Å². The molecule has 1 fully saturated rings. The van der Waals surface area contributed by atoms with E-state index in [1.807, 2.05) is 0 Å². The van der Waals surface area contributed by atoms with E-state index in [9.17, 15) is 0 Å². The Labute approximate surface area is 142 Å². The van der Waals surface area contributed by atoms with E-state index in [1.54, 1.807) is 0 Å². The van der Waals surface area contributed by atoms with Gasteiger partial charge >= 0.3 is 0 Å². The summed E-state index contributed by atoms with van der Waals surface area (Å²) in [6.45, 7) is 3.16. The first-order valence-electron chi connectivity index (χ1n) is 9.07. The summed E-state index contributed by atoms with van der Waals surface area (Å²) < 4.78 is 4.48. The molecule has 0 saturated heterocycles. The minimum absolute atomic E-state index is 0.112.